The topological polar surface area (TPSA) is 118 Å². The van der Waals surface area contributed by atoms with Crippen molar-refractivity contribution in [3.63, 3.8) is 0 Å². The number of unbranched alkanes of at least 4 members (excludes halogenated alkanes) is 15. The summed E-state index contributed by atoms with van der Waals surface area (Å²) in [5, 5.41) is 28.8. The first-order valence-corrected chi connectivity index (χ1v) is 20.1. The van der Waals surface area contributed by atoms with E-state index in [4.69, 9.17) is 0 Å². The number of H-pyrrole nitrogens is 1. The van der Waals surface area contributed by atoms with Gasteiger partial charge in [-0.3, -0.25) is 14.5 Å². The number of amides is 2. The molecule has 1 aromatic heterocycles. The zero-order valence-corrected chi connectivity index (χ0v) is 31.0. The van der Waals surface area contributed by atoms with Gasteiger partial charge in [-0.2, -0.15) is 0 Å². The lowest BCUT2D eigenvalue weighted by Crippen LogP contribution is -2.62. The van der Waals surface area contributed by atoms with Crippen LogP contribution in [0.5, 0.6) is 0 Å². The van der Waals surface area contributed by atoms with E-state index in [-0.39, 0.29) is 11.8 Å². The molecule has 0 aliphatic carbocycles. The number of benzene rings is 1. The van der Waals surface area contributed by atoms with Gasteiger partial charge in [0.05, 0.1) is 12.2 Å². The van der Waals surface area contributed by atoms with Crippen LogP contribution in [-0.4, -0.2) is 75.8 Å². The van der Waals surface area contributed by atoms with E-state index in [2.05, 4.69) is 34.4 Å². The van der Waals surface area contributed by atoms with Gasteiger partial charge < -0.3 is 25.8 Å². The Bertz CT molecular complexity index is 1140. The van der Waals surface area contributed by atoms with Gasteiger partial charge in [-0.05, 0) is 50.3 Å². The van der Waals surface area contributed by atoms with Gasteiger partial charge >= 0.3 is 0 Å². The summed E-state index contributed by atoms with van der Waals surface area (Å²) in [6.07, 6.45) is 25.4. The van der Waals surface area contributed by atoms with Crippen LogP contribution >= 0.6 is 0 Å². The van der Waals surface area contributed by atoms with E-state index in [9.17, 15) is 19.8 Å². The molecule has 4 atom stereocenters. The monoisotopic (exact) mass is 683 g/mol. The molecule has 0 spiro atoms. The molecule has 1 aliphatic rings. The Hall–Kier alpha value is -2.42. The van der Waals surface area contributed by atoms with Crippen LogP contribution in [0.2, 0.25) is 0 Å². The Kier molecular flexibility index (Phi) is 20.7. The third-order valence-electron chi connectivity index (χ3n) is 10.3. The van der Waals surface area contributed by atoms with Gasteiger partial charge in [0.15, 0.2) is 0 Å². The fourth-order valence-electron chi connectivity index (χ4n) is 7.29. The first-order valence-electron chi connectivity index (χ1n) is 20.1. The Balaban J connectivity index is 1.39. The van der Waals surface area contributed by atoms with Crippen LogP contribution in [0.4, 0.5) is 0 Å². The summed E-state index contributed by atoms with van der Waals surface area (Å²) < 4.78 is 0. The van der Waals surface area contributed by atoms with Gasteiger partial charge in [0, 0.05) is 36.6 Å². The van der Waals surface area contributed by atoms with E-state index in [0.29, 0.717) is 25.9 Å². The van der Waals surface area contributed by atoms with Gasteiger partial charge in [-0.15, -0.1) is 0 Å². The highest BCUT2D eigenvalue weighted by atomic mass is 16.3. The molecule has 49 heavy (non-hydrogen) atoms. The second-order valence-electron chi connectivity index (χ2n) is 14.8. The average Bonchev–Trinajstić information content (AvgIpc) is 3.50. The van der Waals surface area contributed by atoms with Crippen molar-refractivity contribution in [2.45, 2.75) is 179 Å². The molecule has 1 fully saturated rings. The Labute approximate surface area is 297 Å². The van der Waals surface area contributed by atoms with E-state index in [0.717, 1.165) is 61.5 Å². The highest BCUT2D eigenvalue weighted by Gasteiger charge is 2.33. The number of nitrogens with zero attached hydrogens (tertiary/aromatic N) is 1. The molecule has 5 N–H and O–H groups in total. The number of rotatable bonds is 29. The van der Waals surface area contributed by atoms with Crippen LogP contribution in [0.15, 0.2) is 30.5 Å². The molecule has 0 saturated carbocycles. The fourth-order valence-corrected chi connectivity index (χ4v) is 7.29. The molecular formula is C41H70N4O4. The quantitative estimate of drug-likeness (QED) is 0.0559. The summed E-state index contributed by atoms with van der Waals surface area (Å²) >= 11 is 0. The van der Waals surface area contributed by atoms with Gasteiger partial charge in [0.1, 0.15) is 12.1 Å². The highest BCUT2D eigenvalue weighted by Crippen LogP contribution is 2.21. The van der Waals surface area contributed by atoms with Crippen molar-refractivity contribution in [1.29, 1.82) is 0 Å². The molecule has 2 amide bonds. The fraction of sp³-hybridized carbons (Fsp3) is 0.756. The van der Waals surface area contributed by atoms with Crippen molar-refractivity contribution in [3.8, 4) is 0 Å². The molecule has 1 aromatic carbocycles. The van der Waals surface area contributed by atoms with Crippen LogP contribution in [0.1, 0.15) is 154 Å². The van der Waals surface area contributed by atoms with E-state index in [1.54, 1.807) is 0 Å². The van der Waals surface area contributed by atoms with Crippen LogP contribution in [0, 0.1) is 0 Å². The smallest absolute Gasteiger partial charge is 0.243 e. The number of carbonyl (C=O) groups is 2. The normalized spacial score (nSPS) is 17.8. The van der Waals surface area contributed by atoms with Crippen molar-refractivity contribution in [2.24, 2.45) is 0 Å². The molecule has 2 heterocycles. The maximum absolute atomic E-state index is 13.0. The third kappa shape index (κ3) is 16.4. The number of para-hydroxylation sites is 1. The zero-order valence-electron chi connectivity index (χ0n) is 31.0. The van der Waals surface area contributed by atoms with Crippen molar-refractivity contribution in [2.75, 3.05) is 19.6 Å². The van der Waals surface area contributed by atoms with Gasteiger partial charge in [-0.25, -0.2) is 0 Å². The average molecular weight is 683 g/mol. The highest BCUT2D eigenvalue weighted by molar-refractivity contribution is 5.97. The summed E-state index contributed by atoms with van der Waals surface area (Å²) in [6.45, 7) is 6.39. The Morgan fingerprint density at radius 3 is 1.76 bits per heavy atom. The number of piperazine rings is 1. The number of hydrogen-bond donors (Lipinski definition) is 5. The zero-order chi connectivity index (χ0) is 35.1. The first-order chi connectivity index (χ1) is 23.9. The molecule has 4 unspecified atom stereocenters. The predicted octanol–water partition coefficient (Wildman–Crippen LogP) is 7.95. The van der Waals surface area contributed by atoms with Crippen LogP contribution in [0.3, 0.4) is 0 Å². The summed E-state index contributed by atoms with van der Waals surface area (Å²) in [5.74, 6) is -0.257. The largest absolute Gasteiger partial charge is 0.392 e. The summed E-state index contributed by atoms with van der Waals surface area (Å²) in [7, 11) is 0. The van der Waals surface area contributed by atoms with Crippen LogP contribution in [-0.2, 0) is 16.0 Å². The number of aromatic nitrogens is 1. The van der Waals surface area contributed by atoms with Crippen molar-refractivity contribution in [1.82, 2.24) is 20.5 Å². The number of aliphatic hydroxyl groups is 2. The molecule has 8 nitrogen and oxygen atoms in total. The number of hydrogen-bond acceptors (Lipinski definition) is 5. The number of aliphatic hydroxyl groups excluding tert-OH is 2. The third-order valence-corrected chi connectivity index (χ3v) is 10.3. The van der Waals surface area contributed by atoms with Gasteiger partial charge in [0.2, 0.25) is 11.8 Å². The van der Waals surface area contributed by atoms with Gasteiger partial charge in [-0.1, -0.05) is 135 Å². The Morgan fingerprint density at radius 2 is 1.16 bits per heavy atom. The van der Waals surface area contributed by atoms with Crippen molar-refractivity contribution < 1.29 is 19.8 Å². The summed E-state index contributed by atoms with van der Waals surface area (Å²) in [4.78, 5) is 31.4. The minimum atomic E-state index is -0.580. The molecule has 8 heteroatoms. The maximum Gasteiger partial charge on any atom is 0.243 e. The Morgan fingerprint density at radius 1 is 0.653 bits per heavy atom. The molecule has 1 aliphatic heterocycles. The minimum absolute atomic E-state index is 0.122. The van der Waals surface area contributed by atoms with E-state index in [1.807, 2.05) is 30.5 Å². The number of carbonyl (C=O) groups excluding carboxylic acids is 2. The van der Waals surface area contributed by atoms with Gasteiger partial charge in [0.25, 0.3) is 0 Å². The predicted molar refractivity (Wildman–Crippen MR) is 203 cm³/mol. The molecule has 1 saturated heterocycles. The van der Waals surface area contributed by atoms with E-state index in [1.165, 1.54) is 89.9 Å². The molecule has 0 radical (unpaired) electrons. The molecule has 2 aromatic rings. The second-order valence-corrected chi connectivity index (χ2v) is 14.8. The number of aromatic amines is 1. The summed E-state index contributed by atoms with van der Waals surface area (Å²) in [6, 6.07) is 6.88. The lowest BCUT2D eigenvalue weighted by molar-refractivity contribution is -0.136. The number of fused-ring (bicyclic) bond motifs is 1. The van der Waals surface area contributed by atoms with E-state index < -0.39 is 24.3 Å². The minimum Gasteiger partial charge on any atom is -0.392 e. The van der Waals surface area contributed by atoms with Crippen molar-refractivity contribution in [3.05, 3.63) is 36.0 Å². The molecule has 0 bridgehead atoms. The summed E-state index contributed by atoms with van der Waals surface area (Å²) in [5.41, 5.74) is 2.04. The lowest BCUT2D eigenvalue weighted by atomic mass is 9.99. The second kappa shape index (κ2) is 24.7. The number of nitrogens with one attached hydrogen (secondary N) is 3. The standard InChI is InChI=1S/C41H70N4O4/c1-3-5-7-9-11-13-15-17-23-34(46)31-45(32-35(47)24-18-16-14-12-10-8-6-4-2)28-22-21-27-38-40(48)44-39(41(49)43-38)29-33-30-42-37-26-20-19-25-36(33)37/h19-20,25-26,30,34-35,38-39,42,46-47H,3-18,21-24,27-29,31-32H2,1-2H3,(H,43,49)(H,44,48). The first kappa shape index (κ1) is 41.0. The van der Waals surface area contributed by atoms with Crippen LogP contribution in [0.25, 0.3) is 10.9 Å². The van der Waals surface area contributed by atoms with Crippen LogP contribution < -0.4 is 10.6 Å². The molecule has 3 rings (SSSR count). The van der Waals surface area contributed by atoms with E-state index >= 15 is 0 Å². The molecule has 278 valence electrons. The van der Waals surface area contributed by atoms with Crippen molar-refractivity contribution >= 4 is 22.7 Å². The maximum atomic E-state index is 13.0. The lowest BCUT2D eigenvalue weighted by Gasteiger charge is -2.30. The molecular weight excluding hydrogens is 612 g/mol. The SMILES string of the molecule is CCCCCCCCCCC(O)CN(CCCCC1NC(=O)C(Cc2c[nH]c3ccccc23)NC1=O)CC(O)CCCCCCCCCC.